The van der Waals surface area contributed by atoms with Crippen molar-refractivity contribution in [3.63, 3.8) is 0 Å². The number of methoxy groups -OCH3 is 1. The molecule has 0 atom stereocenters. The van der Waals surface area contributed by atoms with Crippen LogP contribution in [0.4, 0.5) is 0 Å². The molecule has 132 valence electrons. The van der Waals surface area contributed by atoms with Gasteiger partial charge in [-0.2, -0.15) is 0 Å². The molecule has 4 nitrogen and oxygen atoms in total. The molecule has 0 bridgehead atoms. The van der Waals surface area contributed by atoms with Gasteiger partial charge in [-0.15, -0.1) is 0 Å². The third-order valence-corrected chi connectivity index (χ3v) is 4.23. The van der Waals surface area contributed by atoms with E-state index in [1.165, 1.54) is 0 Å². The lowest BCUT2D eigenvalue weighted by atomic mass is 10.0. The van der Waals surface area contributed by atoms with Crippen LogP contribution in [-0.2, 0) is 6.54 Å². The molecule has 1 amide bonds. The van der Waals surface area contributed by atoms with E-state index < -0.39 is 0 Å². The standard InChI is InChI=1S/C22H21NO3/c1-23(15-16-8-11-19(24)12-9-16)22(25)18-10-13-21(26-2)20(14-18)17-6-4-3-5-7-17/h3-14,24H,15H2,1-2H3. The lowest BCUT2D eigenvalue weighted by Crippen LogP contribution is -2.26. The van der Waals surface area contributed by atoms with Gasteiger partial charge in [-0.1, -0.05) is 42.5 Å². The Morgan fingerprint density at radius 3 is 2.35 bits per heavy atom. The lowest BCUT2D eigenvalue weighted by molar-refractivity contribution is 0.0785. The predicted octanol–water partition coefficient (Wildman–Crippen LogP) is 4.34. The quantitative estimate of drug-likeness (QED) is 0.747. The zero-order chi connectivity index (χ0) is 18.5. The van der Waals surface area contributed by atoms with Gasteiger partial charge in [0.15, 0.2) is 0 Å². The molecular weight excluding hydrogens is 326 g/mol. The van der Waals surface area contributed by atoms with Crippen molar-refractivity contribution >= 4 is 5.91 Å². The van der Waals surface area contributed by atoms with E-state index in [2.05, 4.69) is 0 Å². The van der Waals surface area contributed by atoms with Gasteiger partial charge in [0.1, 0.15) is 11.5 Å². The Bertz CT molecular complexity index is 889. The van der Waals surface area contributed by atoms with Crippen LogP contribution in [0.15, 0.2) is 72.8 Å². The monoisotopic (exact) mass is 347 g/mol. The molecule has 0 aliphatic heterocycles. The van der Waals surface area contributed by atoms with Gasteiger partial charge in [0, 0.05) is 24.7 Å². The highest BCUT2D eigenvalue weighted by molar-refractivity contribution is 5.96. The molecule has 4 heteroatoms. The van der Waals surface area contributed by atoms with Crippen molar-refractivity contribution in [3.8, 4) is 22.6 Å². The van der Waals surface area contributed by atoms with E-state index in [0.29, 0.717) is 12.1 Å². The van der Waals surface area contributed by atoms with Gasteiger partial charge in [-0.05, 0) is 41.5 Å². The second-order valence-corrected chi connectivity index (χ2v) is 6.11. The van der Waals surface area contributed by atoms with Crippen LogP contribution in [-0.4, -0.2) is 30.1 Å². The number of amides is 1. The Morgan fingerprint density at radius 1 is 1.00 bits per heavy atom. The summed E-state index contributed by atoms with van der Waals surface area (Å²) < 4.78 is 5.45. The van der Waals surface area contributed by atoms with Crippen LogP contribution in [0.25, 0.3) is 11.1 Å². The summed E-state index contributed by atoms with van der Waals surface area (Å²) in [5.41, 5.74) is 3.44. The first-order valence-corrected chi connectivity index (χ1v) is 8.35. The Kier molecular flexibility index (Phi) is 5.23. The second-order valence-electron chi connectivity index (χ2n) is 6.11. The minimum absolute atomic E-state index is 0.0714. The summed E-state index contributed by atoms with van der Waals surface area (Å²) in [6, 6.07) is 22.2. The average molecular weight is 347 g/mol. The molecule has 0 spiro atoms. The summed E-state index contributed by atoms with van der Waals surface area (Å²) in [6.45, 7) is 0.464. The first-order chi connectivity index (χ1) is 12.6. The van der Waals surface area contributed by atoms with Crippen LogP contribution in [0, 0.1) is 0 Å². The van der Waals surface area contributed by atoms with Crippen molar-refractivity contribution in [1.82, 2.24) is 4.90 Å². The first kappa shape index (κ1) is 17.5. The van der Waals surface area contributed by atoms with Gasteiger partial charge in [0.2, 0.25) is 0 Å². The molecule has 1 N–H and O–H groups in total. The fourth-order valence-corrected chi connectivity index (χ4v) is 2.85. The lowest BCUT2D eigenvalue weighted by Gasteiger charge is -2.18. The number of phenols is 1. The highest BCUT2D eigenvalue weighted by Crippen LogP contribution is 2.31. The van der Waals surface area contributed by atoms with E-state index in [9.17, 15) is 9.90 Å². The normalized spacial score (nSPS) is 10.4. The van der Waals surface area contributed by atoms with Crippen LogP contribution < -0.4 is 4.74 Å². The third-order valence-electron chi connectivity index (χ3n) is 4.23. The molecule has 3 aromatic rings. The van der Waals surface area contributed by atoms with Gasteiger partial charge in [-0.25, -0.2) is 0 Å². The van der Waals surface area contributed by atoms with Gasteiger partial charge >= 0.3 is 0 Å². The molecule has 0 unspecified atom stereocenters. The molecule has 0 saturated carbocycles. The molecule has 0 aliphatic carbocycles. The Balaban J connectivity index is 1.86. The molecule has 3 rings (SSSR count). The summed E-state index contributed by atoms with van der Waals surface area (Å²) in [7, 11) is 3.39. The molecule has 0 aliphatic rings. The smallest absolute Gasteiger partial charge is 0.253 e. The fourth-order valence-electron chi connectivity index (χ4n) is 2.85. The van der Waals surface area contributed by atoms with Crippen molar-refractivity contribution in [3.05, 3.63) is 83.9 Å². The van der Waals surface area contributed by atoms with Crippen LogP contribution in [0.3, 0.4) is 0 Å². The zero-order valence-electron chi connectivity index (χ0n) is 14.8. The van der Waals surface area contributed by atoms with Crippen molar-refractivity contribution in [2.75, 3.05) is 14.2 Å². The topological polar surface area (TPSA) is 49.8 Å². The number of carbonyl (C=O) groups is 1. The van der Waals surface area contributed by atoms with Crippen molar-refractivity contribution in [1.29, 1.82) is 0 Å². The number of phenolic OH excluding ortho intramolecular Hbond substituents is 1. The fraction of sp³-hybridized carbons (Fsp3) is 0.136. The minimum Gasteiger partial charge on any atom is -0.508 e. The maximum Gasteiger partial charge on any atom is 0.253 e. The summed E-state index contributed by atoms with van der Waals surface area (Å²) >= 11 is 0. The number of hydrogen-bond donors (Lipinski definition) is 1. The number of carbonyl (C=O) groups excluding carboxylic acids is 1. The number of hydrogen-bond acceptors (Lipinski definition) is 3. The predicted molar refractivity (Wildman–Crippen MR) is 102 cm³/mol. The number of rotatable bonds is 5. The number of nitrogens with zero attached hydrogens (tertiary/aromatic N) is 1. The largest absolute Gasteiger partial charge is 0.508 e. The first-order valence-electron chi connectivity index (χ1n) is 8.35. The second kappa shape index (κ2) is 7.74. The van der Waals surface area contributed by atoms with Gasteiger partial charge in [-0.3, -0.25) is 4.79 Å². The van der Waals surface area contributed by atoms with E-state index in [4.69, 9.17) is 4.74 Å². The van der Waals surface area contributed by atoms with E-state index in [1.807, 2.05) is 54.6 Å². The average Bonchev–Trinajstić information content (AvgIpc) is 2.69. The maximum atomic E-state index is 12.8. The van der Waals surface area contributed by atoms with E-state index >= 15 is 0 Å². The van der Waals surface area contributed by atoms with E-state index in [0.717, 1.165) is 22.4 Å². The summed E-state index contributed by atoms with van der Waals surface area (Å²) in [4.78, 5) is 14.5. The van der Waals surface area contributed by atoms with Crippen LogP contribution in [0.1, 0.15) is 15.9 Å². The maximum absolute atomic E-state index is 12.8. The van der Waals surface area contributed by atoms with Gasteiger partial charge in [0.05, 0.1) is 7.11 Å². The van der Waals surface area contributed by atoms with Crippen molar-refractivity contribution in [2.24, 2.45) is 0 Å². The van der Waals surface area contributed by atoms with E-state index in [1.54, 1.807) is 37.3 Å². The molecule has 3 aromatic carbocycles. The van der Waals surface area contributed by atoms with Crippen molar-refractivity contribution in [2.45, 2.75) is 6.54 Å². The number of ether oxygens (including phenoxy) is 1. The number of benzene rings is 3. The molecular formula is C22H21NO3. The molecule has 0 saturated heterocycles. The van der Waals surface area contributed by atoms with Crippen LogP contribution in [0.5, 0.6) is 11.5 Å². The summed E-state index contributed by atoms with van der Waals surface area (Å²) in [5.74, 6) is 0.872. The molecule has 0 aromatic heterocycles. The summed E-state index contributed by atoms with van der Waals surface area (Å²) in [6.07, 6.45) is 0. The number of aromatic hydroxyl groups is 1. The Hall–Kier alpha value is -3.27. The minimum atomic E-state index is -0.0714. The van der Waals surface area contributed by atoms with Crippen molar-refractivity contribution < 1.29 is 14.6 Å². The zero-order valence-corrected chi connectivity index (χ0v) is 14.8. The van der Waals surface area contributed by atoms with Crippen LogP contribution >= 0.6 is 0 Å². The molecule has 0 fully saturated rings. The Morgan fingerprint density at radius 2 is 1.69 bits per heavy atom. The molecule has 0 heterocycles. The van der Waals surface area contributed by atoms with Crippen LogP contribution in [0.2, 0.25) is 0 Å². The molecule has 0 radical (unpaired) electrons. The third kappa shape index (κ3) is 3.86. The SMILES string of the molecule is COc1ccc(C(=O)N(C)Cc2ccc(O)cc2)cc1-c1ccccc1. The highest BCUT2D eigenvalue weighted by Gasteiger charge is 2.15. The summed E-state index contributed by atoms with van der Waals surface area (Å²) in [5, 5.41) is 9.37. The molecule has 26 heavy (non-hydrogen) atoms. The highest BCUT2D eigenvalue weighted by atomic mass is 16.5. The van der Waals surface area contributed by atoms with Gasteiger partial charge < -0.3 is 14.7 Å². The van der Waals surface area contributed by atoms with Gasteiger partial charge in [0.25, 0.3) is 5.91 Å². The Labute approximate surface area is 153 Å². The van der Waals surface area contributed by atoms with E-state index in [-0.39, 0.29) is 11.7 Å².